The van der Waals surface area contributed by atoms with Crippen LogP contribution in [0.15, 0.2) is 16.6 Å². The van der Waals surface area contributed by atoms with E-state index in [-0.39, 0.29) is 10.2 Å². The van der Waals surface area contributed by atoms with Crippen LogP contribution in [0.25, 0.3) is 0 Å². The lowest BCUT2D eigenvalue weighted by Gasteiger charge is -2.14. The van der Waals surface area contributed by atoms with Crippen molar-refractivity contribution >= 4 is 33.5 Å². The number of halogens is 2. The maximum absolute atomic E-state index is 13.9. The molecule has 0 aliphatic carbocycles. The molecule has 1 fully saturated rings. The number of carbonyl (C=O) groups is 2. The summed E-state index contributed by atoms with van der Waals surface area (Å²) in [4.78, 5) is 22.8. The molecule has 0 unspecified atom stereocenters. The second-order valence-corrected chi connectivity index (χ2v) is 5.64. The maximum atomic E-state index is 13.9. The van der Waals surface area contributed by atoms with Crippen LogP contribution in [0.5, 0.6) is 0 Å². The highest BCUT2D eigenvalue weighted by atomic mass is 79.9. The molecule has 0 bridgehead atoms. The summed E-state index contributed by atoms with van der Waals surface area (Å²) in [6.45, 7) is 1.79. The molecule has 7 heteroatoms. The first-order valence-electron chi connectivity index (χ1n) is 6.14. The number of benzene rings is 1. The molecule has 20 heavy (non-hydrogen) atoms. The minimum absolute atomic E-state index is 0.0856. The van der Waals surface area contributed by atoms with Crippen molar-refractivity contribution in [2.75, 3.05) is 5.32 Å². The molecule has 1 amide bonds. The standard InChI is InChI=1S/C13H14BrFN2O3/c1-6-4-7(14)11(15)10(5-6)17-12(18)8-2-3-9(16-8)13(19)20/h4-5,8-9,16H,2-3H2,1H3,(H,17,18)(H,19,20)/t8-,9+/m0/s1. The van der Waals surface area contributed by atoms with Gasteiger partial charge in [-0.3, -0.25) is 14.9 Å². The number of amides is 1. The molecule has 1 aromatic carbocycles. The summed E-state index contributed by atoms with van der Waals surface area (Å²) in [6.07, 6.45) is 0.796. The largest absolute Gasteiger partial charge is 0.480 e. The fraction of sp³-hybridized carbons (Fsp3) is 0.385. The van der Waals surface area contributed by atoms with Gasteiger partial charge in [0.15, 0.2) is 5.82 Å². The van der Waals surface area contributed by atoms with Crippen molar-refractivity contribution in [3.05, 3.63) is 28.0 Å². The van der Waals surface area contributed by atoms with Crippen LogP contribution in [0.4, 0.5) is 10.1 Å². The van der Waals surface area contributed by atoms with Crippen molar-refractivity contribution in [2.45, 2.75) is 31.8 Å². The number of carboxylic acid groups (broad SMARTS) is 1. The normalized spacial score (nSPS) is 21.8. The minimum Gasteiger partial charge on any atom is -0.480 e. The molecule has 3 N–H and O–H groups in total. The summed E-state index contributed by atoms with van der Waals surface area (Å²) in [5, 5.41) is 14.1. The molecule has 0 spiro atoms. The van der Waals surface area contributed by atoms with E-state index in [0.717, 1.165) is 5.56 Å². The zero-order valence-electron chi connectivity index (χ0n) is 10.7. The van der Waals surface area contributed by atoms with Crippen molar-refractivity contribution in [1.82, 2.24) is 5.32 Å². The van der Waals surface area contributed by atoms with Gasteiger partial charge in [0.1, 0.15) is 6.04 Å². The zero-order chi connectivity index (χ0) is 14.9. The van der Waals surface area contributed by atoms with Crippen LogP contribution < -0.4 is 10.6 Å². The predicted octanol–water partition coefficient (Wildman–Crippen LogP) is 2.04. The van der Waals surface area contributed by atoms with E-state index in [4.69, 9.17) is 5.11 Å². The van der Waals surface area contributed by atoms with Gasteiger partial charge in [0.25, 0.3) is 0 Å². The first kappa shape index (κ1) is 14.9. The molecule has 0 saturated carbocycles. The van der Waals surface area contributed by atoms with Gasteiger partial charge in [-0.2, -0.15) is 0 Å². The summed E-state index contributed by atoms with van der Waals surface area (Å²) >= 11 is 3.08. The number of carbonyl (C=O) groups excluding carboxylic acids is 1. The number of aryl methyl sites for hydroxylation is 1. The Bertz CT molecular complexity index is 565. The van der Waals surface area contributed by atoms with Gasteiger partial charge in [0, 0.05) is 0 Å². The first-order valence-corrected chi connectivity index (χ1v) is 6.93. The van der Waals surface area contributed by atoms with Gasteiger partial charge < -0.3 is 10.4 Å². The SMILES string of the molecule is Cc1cc(Br)c(F)c(NC(=O)[C@@H]2CC[C@H](C(=O)O)N2)c1. The number of nitrogens with one attached hydrogen (secondary N) is 2. The molecule has 1 aliphatic rings. The Morgan fingerprint density at radius 1 is 1.40 bits per heavy atom. The van der Waals surface area contributed by atoms with Gasteiger partial charge in [-0.05, 0) is 53.4 Å². The zero-order valence-corrected chi connectivity index (χ0v) is 12.3. The van der Waals surface area contributed by atoms with Crippen LogP contribution in [0.3, 0.4) is 0 Å². The minimum atomic E-state index is -0.982. The van der Waals surface area contributed by atoms with Gasteiger partial charge in [-0.25, -0.2) is 4.39 Å². The van der Waals surface area contributed by atoms with E-state index in [1.807, 2.05) is 0 Å². The third-order valence-corrected chi connectivity index (χ3v) is 3.77. The van der Waals surface area contributed by atoms with Crippen molar-refractivity contribution in [3.8, 4) is 0 Å². The Morgan fingerprint density at radius 2 is 2.05 bits per heavy atom. The predicted molar refractivity (Wildman–Crippen MR) is 75.0 cm³/mol. The van der Waals surface area contributed by atoms with Crippen LogP contribution in [-0.2, 0) is 9.59 Å². The van der Waals surface area contributed by atoms with E-state index >= 15 is 0 Å². The third-order valence-electron chi connectivity index (χ3n) is 3.19. The second kappa shape index (κ2) is 5.88. The van der Waals surface area contributed by atoms with Crippen LogP contribution in [0.2, 0.25) is 0 Å². The van der Waals surface area contributed by atoms with Crippen LogP contribution in [-0.4, -0.2) is 29.1 Å². The molecule has 2 rings (SSSR count). The van der Waals surface area contributed by atoms with Crippen molar-refractivity contribution in [2.24, 2.45) is 0 Å². The fourth-order valence-electron chi connectivity index (χ4n) is 2.18. The number of hydrogen-bond donors (Lipinski definition) is 3. The van der Waals surface area contributed by atoms with E-state index < -0.39 is 29.8 Å². The molecule has 2 atom stereocenters. The molecule has 1 aliphatic heterocycles. The van der Waals surface area contributed by atoms with Crippen molar-refractivity contribution < 1.29 is 19.1 Å². The van der Waals surface area contributed by atoms with E-state index in [1.165, 1.54) is 6.07 Å². The third kappa shape index (κ3) is 3.16. The average Bonchev–Trinajstić information content (AvgIpc) is 2.85. The van der Waals surface area contributed by atoms with E-state index in [2.05, 4.69) is 26.6 Å². The average molecular weight is 345 g/mol. The molecule has 1 aromatic rings. The molecule has 1 heterocycles. The number of rotatable bonds is 3. The van der Waals surface area contributed by atoms with E-state index in [1.54, 1.807) is 13.0 Å². The molecule has 0 radical (unpaired) electrons. The highest BCUT2D eigenvalue weighted by molar-refractivity contribution is 9.10. The van der Waals surface area contributed by atoms with Crippen LogP contribution >= 0.6 is 15.9 Å². The Kier molecular flexibility index (Phi) is 4.39. The fourth-order valence-corrected chi connectivity index (χ4v) is 2.75. The quantitative estimate of drug-likeness (QED) is 0.784. The van der Waals surface area contributed by atoms with Crippen molar-refractivity contribution in [3.63, 3.8) is 0 Å². The molecule has 5 nitrogen and oxygen atoms in total. The lowest BCUT2D eigenvalue weighted by atomic mass is 10.1. The summed E-state index contributed by atoms with van der Waals surface area (Å²) in [5.41, 5.74) is 0.888. The number of hydrogen-bond acceptors (Lipinski definition) is 3. The lowest BCUT2D eigenvalue weighted by Crippen LogP contribution is -2.42. The summed E-state index contributed by atoms with van der Waals surface area (Å²) < 4.78 is 14.1. The Labute approximate surface area is 123 Å². The molecular weight excluding hydrogens is 331 g/mol. The monoisotopic (exact) mass is 344 g/mol. The highest BCUT2D eigenvalue weighted by Crippen LogP contribution is 2.25. The Balaban J connectivity index is 2.08. The van der Waals surface area contributed by atoms with Crippen molar-refractivity contribution in [1.29, 1.82) is 0 Å². The molecular formula is C13H14BrFN2O3. The first-order chi connectivity index (χ1) is 9.38. The second-order valence-electron chi connectivity index (χ2n) is 4.78. The van der Waals surface area contributed by atoms with Crippen LogP contribution in [0, 0.1) is 12.7 Å². The summed E-state index contributed by atoms with van der Waals surface area (Å²) in [6, 6.07) is 1.80. The Morgan fingerprint density at radius 3 is 2.65 bits per heavy atom. The molecule has 0 aromatic heterocycles. The maximum Gasteiger partial charge on any atom is 0.320 e. The molecule has 1 saturated heterocycles. The highest BCUT2D eigenvalue weighted by Gasteiger charge is 2.33. The smallest absolute Gasteiger partial charge is 0.320 e. The van der Waals surface area contributed by atoms with E-state index in [9.17, 15) is 14.0 Å². The van der Waals surface area contributed by atoms with Gasteiger partial charge in [-0.1, -0.05) is 0 Å². The van der Waals surface area contributed by atoms with Gasteiger partial charge >= 0.3 is 5.97 Å². The topological polar surface area (TPSA) is 78.4 Å². The van der Waals surface area contributed by atoms with Gasteiger partial charge in [0.2, 0.25) is 5.91 Å². The summed E-state index contributed by atoms with van der Waals surface area (Å²) in [7, 11) is 0. The van der Waals surface area contributed by atoms with E-state index in [0.29, 0.717) is 12.8 Å². The number of aliphatic carboxylic acids is 1. The van der Waals surface area contributed by atoms with Gasteiger partial charge in [-0.15, -0.1) is 0 Å². The molecule has 108 valence electrons. The lowest BCUT2D eigenvalue weighted by molar-refractivity contribution is -0.139. The number of anilines is 1. The summed E-state index contributed by atoms with van der Waals surface area (Å²) in [5.74, 6) is -1.95. The van der Waals surface area contributed by atoms with Crippen LogP contribution in [0.1, 0.15) is 18.4 Å². The van der Waals surface area contributed by atoms with Gasteiger partial charge in [0.05, 0.1) is 16.2 Å². The number of carboxylic acids is 1. The Hall–Kier alpha value is -1.47.